The molecule has 8 heteroatoms. The molecule has 146 valence electrons. The van der Waals surface area contributed by atoms with Gasteiger partial charge in [0, 0.05) is 31.5 Å². The smallest absolute Gasteiger partial charge is 0.253 e. The molecule has 0 spiro atoms. The van der Waals surface area contributed by atoms with E-state index < -0.39 is 15.9 Å². The quantitative estimate of drug-likeness (QED) is 0.824. The number of aryl methyl sites for hydroxylation is 1. The van der Waals surface area contributed by atoms with Crippen LogP contribution in [0.5, 0.6) is 0 Å². The van der Waals surface area contributed by atoms with Gasteiger partial charge in [-0.15, -0.1) is 0 Å². The number of nitrogens with zero attached hydrogens (tertiary/aromatic N) is 2. The van der Waals surface area contributed by atoms with E-state index in [0.717, 1.165) is 30.7 Å². The Morgan fingerprint density at radius 3 is 2.48 bits per heavy atom. The highest BCUT2D eigenvalue weighted by Crippen LogP contribution is 2.25. The highest BCUT2D eigenvalue weighted by molar-refractivity contribution is 7.89. The average molecular weight is 410 g/mol. The van der Waals surface area contributed by atoms with Crippen LogP contribution in [0.25, 0.3) is 0 Å². The first-order chi connectivity index (χ1) is 12.8. The summed E-state index contributed by atoms with van der Waals surface area (Å²) in [5.74, 6) is -0.394. The van der Waals surface area contributed by atoms with Gasteiger partial charge in [-0.2, -0.15) is 4.31 Å². The fraction of sp³-hybridized carbons (Fsp3) is 0.421. The van der Waals surface area contributed by atoms with Crippen LogP contribution in [-0.2, 0) is 23.6 Å². The van der Waals surface area contributed by atoms with Crippen molar-refractivity contribution in [2.24, 2.45) is 7.05 Å². The Morgan fingerprint density at radius 2 is 1.85 bits per heavy atom. The van der Waals surface area contributed by atoms with Gasteiger partial charge in [0.2, 0.25) is 10.0 Å². The Bertz CT molecular complexity index is 947. The number of rotatable bonds is 5. The Hall–Kier alpha value is -1.83. The van der Waals surface area contributed by atoms with Gasteiger partial charge in [-0.25, -0.2) is 8.42 Å². The van der Waals surface area contributed by atoms with E-state index in [4.69, 9.17) is 11.6 Å². The molecule has 3 rings (SSSR count). The van der Waals surface area contributed by atoms with Crippen LogP contribution < -0.4 is 5.32 Å². The second-order valence-electron chi connectivity index (χ2n) is 6.81. The number of carbonyl (C=O) groups excluding carboxylic acids is 1. The third-order valence-electron chi connectivity index (χ3n) is 5.04. The lowest BCUT2D eigenvalue weighted by atomic mass is 10.2. The minimum atomic E-state index is -3.61. The molecule has 2 heterocycles. The van der Waals surface area contributed by atoms with Gasteiger partial charge in [0.05, 0.1) is 22.0 Å². The maximum absolute atomic E-state index is 12.8. The molecule has 1 N–H and O–H groups in total. The monoisotopic (exact) mass is 409 g/mol. The van der Waals surface area contributed by atoms with E-state index >= 15 is 0 Å². The van der Waals surface area contributed by atoms with E-state index in [1.165, 1.54) is 22.5 Å². The summed E-state index contributed by atoms with van der Waals surface area (Å²) >= 11 is 6.17. The molecule has 1 saturated heterocycles. The van der Waals surface area contributed by atoms with Crippen LogP contribution in [0.1, 0.15) is 41.0 Å². The van der Waals surface area contributed by atoms with Gasteiger partial charge >= 0.3 is 0 Å². The van der Waals surface area contributed by atoms with E-state index in [-0.39, 0.29) is 15.5 Å². The predicted molar refractivity (Wildman–Crippen MR) is 105 cm³/mol. The molecule has 0 radical (unpaired) electrons. The first-order valence-corrected chi connectivity index (χ1v) is 10.8. The summed E-state index contributed by atoms with van der Waals surface area (Å²) in [4.78, 5) is 12.7. The fourth-order valence-corrected chi connectivity index (χ4v) is 4.95. The summed E-state index contributed by atoms with van der Waals surface area (Å²) in [6.07, 6.45) is 2.76. The third-order valence-corrected chi connectivity index (χ3v) is 7.27. The molecular weight excluding hydrogens is 386 g/mol. The molecule has 1 aliphatic rings. The largest absolute Gasteiger partial charge is 0.350 e. The zero-order chi connectivity index (χ0) is 19.6. The lowest BCUT2D eigenvalue weighted by Crippen LogP contribution is -2.35. The minimum absolute atomic E-state index is 0.105. The van der Waals surface area contributed by atoms with Crippen molar-refractivity contribution in [3.63, 3.8) is 0 Å². The molecule has 1 amide bonds. The number of benzene rings is 1. The summed E-state index contributed by atoms with van der Waals surface area (Å²) in [6, 6.07) is 8.22. The number of amides is 1. The molecule has 1 aromatic heterocycles. The van der Waals surface area contributed by atoms with Crippen LogP contribution in [0.15, 0.2) is 35.2 Å². The van der Waals surface area contributed by atoms with Crippen molar-refractivity contribution < 1.29 is 13.2 Å². The Kier molecular flexibility index (Phi) is 5.93. The van der Waals surface area contributed by atoms with Gasteiger partial charge in [-0.1, -0.05) is 18.0 Å². The number of sulfonamides is 1. The fourth-order valence-electron chi connectivity index (χ4n) is 3.20. The van der Waals surface area contributed by atoms with Crippen molar-refractivity contribution in [3.05, 3.63) is 52.3 Å². The summed E-state index contributed by atoms with van der Waals surface area (Å²) in [5, 5.41) is 3.05. The topological polar surface area (TPSA) is 71.4 Å². The number of piperidine rings is 1. The van der Waals surface area contributed by atoms with Crippen molar-refractivity contribution in [2.45, 2.75) is 37.6 Å². The summed E-state index contributed by atoms with van der Waals surface area (Å²) < 4.78 is 29.2. The molecular formula is C19H24ClN3O3S. The number of aromatic nitrogens is 1. The van der Waals surface area contributed by atoms with Crippen LogP contribution in [0.4, 0.5) is 0 Å². The van der Waals surface area contributed by atoms with Gasteiger partial charge in [-0.05, 0) is 50.1 Å². The van der Waals surface area contributed by atoms with Crippen molar-refractivity contribution in [1.82, 2.24) is 14.2 Å². The number of nitrogens with one attached hydrogen (secondary N) is 1. The molecule has 0 saturated carbocycles. The standard InChI is InChI=1S/C19H24ClN3O3S/c1-14-6-7-15(22(14)2)13-21-19(24)17-12-16(8-9-18(17)20)27(25,26)23-10-4-3-5-11-23/h6-9,12H,3-5,10-11,13H2,1-2H3,(H,21,24). The van der Waals surface area contributed by atoms with Crippen LogP contribution in [0, 0.1) is 6.92 Å². The first-order valence-electron chi connectivity index (χ1n) is 9.00. The summed E-state index contributed by atoms with van der Waals surface area (Å²) in [7, 11) is -1.69. The molecule has 1 aliphatic heterocycles. The molecule has 1 fully saturated rings. The first kappa shape index (κ1) is 19.9. The maximum Gasteiger partial charge on any atom is 0.253 e. The van der Waals surface area contributed by atoms with Crippen molar-refractivity contribution >= 4 is 27.5 Å². The van der Waals surface area contributed by atoms with Gasteiger partial charge in [0.25, 0.3) is 5.91 Å². The highest BCUT2D eigenvalue weighted by Gasteiger charge is 2.27. The SMILES string of the molecule is Cc1ccc(CNC(=O)c2cc(S(=O)(=O)N3CCCCC3)ccc2Cl)n1C. The average Bonchev–Trinajstić information content (AvgIpc) is 2.99. The Balaban J connectivity index is 1.80. The molecule has 1 aromatic carbocycles. The number of hydrogen-bond donors (Lipinski definition) is 1. The van der Waals surface area contributed by atoms with Crippen molar-refractivity contribution in [1.29, 1.82) is 0 Å². The third kappa shape index (κ3) is 4.20. The lowest BCUT2D eigenvalue weighted by Gasteiger charge is -2.26. The highest BCUT2D eigenvalue weighted by atomic mass is 35.5. The zero-order valence-electron chi connectivity index (χ0n) is 15.5. The normalized spacial score (nSPS) is 15.7. The van der Waals surface area contributed by atoms with E-state index in [1.54, 1.807) is 0 Å². The predicted octanol–water partition coefficient (Wildman–Crippen LogP) is 3.09. The molecule has 2 aromatic rings. The molecule has 0 bridgehead atoms. The van der Waals surface area contributed by atoms with Crippen LogP contribution in [0.2, 0.25) is 5.02 Å². The minimum Gasteiger partial charge on any atom is -0.350 e. The number of carbonyl (C=O) groups is 1. The molecule has 0 atom stereocenters. The summed E-state index contributed by atoms with van der Waals surface area (Å²) in [5.41, 5.74) is 2.21. The molecule has 0 aliphatic carbocycles. The van der Waals surface area contributed by atoms with Crippen LogP contribution in [-0.4, -0.2) is 36.3 Å². The van der Waals surface area contributed by atoms with Gasteiger partial charge in [0.1, 0.15) is 0 Å². The Labute approximate surface area is 165 Å². The van der Waals surface area contributed by atoms with E-state index in [1.807, 2.05) is 30.7 Å². The van der Waals surface area contributed by atoms with E-state index in [0.29, 0.717) is 19.6 Å². The summed E-state index contributed by atoms with van der Waals surface area (Å²) in [6.45, 7) is 3.35. The van der Waals surface area contributed by atoms with Crippen molar-refractivity contribution in [2.75, 3.05) is 13.1 Å². The lowest BCUT2D eigenvalue weighted by molar-refractivity contribution is 0.0950. The zero-order valence-corrected chi connectivity index (χ0v) is 17.1. The molecule has 6 nitrogen and oxygen atoms in total. The van der Waals surface area contributed by atoms with E-state index in [9.17, 15) is 13.2 Å². The van der Waals surface area contributed by atoms with Crippen molar-refractivity contribution in [3.8, 4) is 0 Å². The van der Waals surface area contributed by atoms with Gasteiger partial charge < -0.3 is 9.88 Å². The number of halogens is 1. The van der Waals surface area contributed by atoms with E-state index in [2.05, 4.69) is 5.32 Å². The van der Waals surface area contributed by atoms with Crippen LogP contribution >= 0.6 is 11.6 Å². The second kappa shape index (κ2) is 8.04. The van der Waals surface area contributed by atoms with Gasteiger partial charge in [-0.3, -0.25) is 4.79 Å². The Morgan fingerprint density at radius 1 is 1.15 bits per heavy atom. The van der Waals surface area contributed by atoms with Gasteiger partial charge in [0.15, 0.2) is 0 Å². The number of hydrogen-bond acceptors (Lipinski definition) is 3. The maximum atomic E-state index is 12.8. The molecule has 0 unspecified atom stereocenters. The van der Waals surface area contributed by atoms with Crippen LogP contribution in [0.3, 0.4) is 0 Å². The second-order valence-corrected chi connectivity index (χ2v) is 9.16. The molecule has 27 heavy (non-hydrogen) atoms.